The predicted octanol–water partition coefficient (Wildman–Crippen LogP) is 3.19. The van der Waals surface area contributed by atoms with Crippen molar-refractivity contribution in [3.8, 4) is 5.75 Å². The number of nitrogens with one attached hydrogen (secondary N) is 2. The number of quaternary nitrogens is 1. The van der Waals surface area contributed by atoms with E-state index >= 15 is 0 Å². The van der Waals surface area contributed by atoms with Crippen molar-refractivity contribution in [2.45, 2.75) is 31.8 Å². The van der Waals surface area contributed by atoms with Gasteiger partial charge in [0.25, 0.3) is 0 Å². The van der Waals surface area contributed by atoms with Crippen LogP contribution in [-0.4, -0.2) is 26.1 Å². The Labute approximate surface area is 182 Å². The van der Waals surface area contributed by atoms with Gasteiger partial charge >= 0.3 is 0 Å². The quantitative estimate of drug-likeness (QED) is 0.587. The van der Waals surface area contributed by atoms with Crippen LogP contribution in [-0.2, 0) is 24.2 Å². The number of carbonyl (C=O) groups is 1. The molecular weight excluding hydrogens is 392 g/mol. The second-order valence-corrected chi connectivity index (χ2v) is 8.80. The van der Waals surface area contributed by atoms with Crippen molar-refractivity contribution in [3.05, 3.63) is 87.6 Å². The fourth-order valence-electron chi connectivity index (χ4n) is 4.19. The van der Waals surface area contributed by atoms with Gasteiger partial charge in [0.05, 0.1) is 25.1 Å². The molecule has 156 valence electrons. The zero-order valence-electron chi connectivity index (χ0n) is 17.4. The molecule has 0 saturated carbocycles. The van der Waals surface area contributed by atoms with Crippen LogP contribution in [0.5, 0.6) is 5.75 Å². The molecule has 2 aromatic carbocycles. The van der Waals surface area contributed by atoms with Crippen LogP contribution in [0.2, 0.25) is 0 Å². The lowest BCUT2D eigenvalue weighted by Gasteiger charge is -2.32. The second kappa shape index (κ2) is 9.92. The molecule has 1 aliphatic heterocycles. The number of methoxy groups -OCH3 is 1. The molecule has 2 atom stereocenters. The molecule has 4 nitrogen and oxygen atoms in total. The summed E-state index contributed by atoms with van der Waals surface area (Å²) in [6, 6.07) is 21.3. The first-order valence-electron chi connectivity index (χ1n) is 10.6. The van der Waals surface area contributed by atoms with E-state index in [1.807, 2.05) is 24.3 Å². The zero-order chi connectivity index (χ0) is 20.8. The van der Waals surface area contributed by atoms with Crippen LogP contribution in [0.1, 0.15) is 34.0 Å². The zero-order valence-corrected chi connectivity index (χ0v) is 18.2. The highest BCUT2D eigenvalue weighted by Gasteiger charge is 2.29. The molecule has 5 heteroatoms. The van der Waals surface area contributed by atoms with Gasteiger partial charge in [-0.05, 0) is 41.1 Å². The summed E-state index contributed by atoms with van der Waals surface area (Å²) in [6.45, 7) is 2.79. The van der Waals surface area contributed by atoms with E-state index in [1.165, 1.54) is 20.9 Å². The first-order valence-corrected chi connectivity index (χ1v) is 11.5. The third-order valence-corrected chi connectivity index (χ3v) is 6.92. The van der Waals surface area contributed by atoms with Gasteiger partial charge in [-0.3, -0.25) is 4.79 Å². The summed E-state index contributed by atoms with van der Waals surface area (Å²) in [5.74, 6) is 0.956. The molecule has 2 N–H and O–H groups in total. The summed E-state index contributed by atoms with van der Waals surface area (Å²) in [4.78, 5) is 15.4. The Morgan fingerprint density at radius 1 is 1.10 bits per heavy atom. The molecule has 1 aliphatic rings. The number of ether oxygens (including phenoxy) is 1. The van der Waals surface area contributed by atoms with Crippen LogP contribution >= 0.6 is 11.3 Å². The van der Waals surface area contributed by atoms with Gasteiger partial charge in [-0.25, -0.2) is 0 Å². The van der Waals surface area contributed by atoms with E-state index in [0.29, 0.717) is 19.0 Å². The molecule has 30 heavy (non-hydrogen) atoms. The van der Waals surface area contributed by atoms with E-state index in [4.69, 9.17) is 4.74 Å². The number of aryl methyl sites for hydroxylation is 1. The average molecular weight is 422 g/mol. The summed E-state index contributed by atoms with van der Waals surface area (Å²) >= 11 is 1.79. The molecule has 3 aromatic rings. The summed E-state index contributed by atoms with van der Waals surface area (Å²) in [6.07, 6.45) is 2.34. The number of hydrogen-bond acceptors (Lipinski definition) is 3. The van der Waals surface area contributed by atoms with Gasteiger partial charge in [0.2, 0.25) is 5.91 Å². The monoisotopic (exact) mass is 421 g/mol. The van der Waals surface area contributed by atoms with Crippen LogP contribution in [0.25, 0.3) is 0 Å². The Balaban J connectivity index is 1.35. The lowest BCUT2D eigenvalue weighted by Crippen LogP contribution is -3.12. The SMILES string of the molecule is COc1ccc(CCC(=O)NC[C@H](c2cccs2)[NH+]2CCc3ccccc3C2)cc1. The van der Waals surface area contributed by atoms with Crippen molar-refractivity contribution in [2.24, 2.45) is 0 Å². The number of amides is 1. The third kappa shape index (κ3) is 5.10. The van der Waals surface area contributed by atoms with Gasteiger partial charge in [0.15, 0.2) is 0 Å². The number of benzene rings is 2. The average Bonchev–Trinajstić information content (AvgIpc) is 3.32. The minimum atomic E-state index is 0.115. The highest BCUT2D eigenvalue weighted by Crippen LogP contribution is 2.19. The fraction of sp³-hybridized carbons (Fsp3) is 0.320. The van der Waals surface area contributed by atoms with Crippen molar-refractivity contribution in [3.63, 3.8) is 0 Å². The minimum absolute atomic E-state index is 0.115. The summed E-state index contributed by atoms with van der Waals surface area (Å²) < 4.78 is 5.19. The molecule has 1 amide bonds. The van der Waals surface area contributed by atoms with Gasteiger partial charge in [-0.1, -0.05) is 42.5 Å². The van der Waals surface area contributed by atoms with Gasteiger partial charge < -0.3 is 15.0 Å². The van der Waals surface area contributed by atoms with E-state index < -0.39 is 0 Å². The number of hydrogen-bond donors (Lipinski definition) is 2. The summed E-state index contributed by atoms with van der Waals surface area (Å²) in [5.41, 5.74) is 4.06. The lowest BCUT2D eigenvalue weighted by atomic mass is 9.98. The molecule has 1 aromatic heterocycles. The molecule has 0 fully saturated rings. The second-order valence-electron chi connectivity index (χ2n) is 7.82. The number of rotatable bonds is 8. The van der Waals surface area contributed by atoms with Gasteiger partial charge in [-0.15, -0.1) is 11.3 Å². The van der Waals surface area contributed by atoms with Crippen LogP contribution in [0, 0.1) is 0 Å². The van der Waals surface area contributed by atoms with E-state index in [0.717, 1.165) is 37.2 Å². The number of carbonyl (C=O) groups excluding carboxylic acids is 1. The van der Waals surface area contributed by atoms with Crippen LogP contribution in [0.3, 0.4) is 0 Å². The molecule has 2 heterocycles. The molecule has 0 spiro atoms. The minimum Gasteiger partial charge on any atom is -0.497 e. The molecule has 0 saturated heterocycles. The first kappa shape index (κ1) is 20.6. The maximum Gasteiger partial charge on any atom is 0.220 e. The third-order valence-electron chi connectivity index (χ3n) is 5.93. The molecule has 0 radical (unpaired) electrons. The van der Waals surface area contributed by atoms with Crippen molar-refractivity contribution in [2.75, 3.05) is 20.2 Å². The smallest absolute Gasteiger partial charge is 0.220 e. The molecule has 4 rings (SSSR count). The van der Waals surface area contributed by atoms with E-state index in [9.17, 15) is 4.79 Å². The van der Waals surface area contributed by atoms with E-state index in [1.54, 1.807) is 18.4 Å². The first-order chi connectivity index (χ1) is 14.7. The maximum atomic E-state index is 12.6. The Bertz CT molecular complexity index is 954. The number of fused-ring (bicyclic) bond motifs is 1. The van der Waals surface area contributed by atoms with Crippen LogP contribution in [0.15, 0.2) is 66.0 Å². The molecule has 1 unspecified atom stereocenters. The van der Waals surface area contributed by atoms with Crippen molar-refractivity contribution >= 4 is 17.2 Å². The van der Waals surface area contributed by atoms with Gasteiger partial charge in [-0.2, -0.15) is 0 Å². The fourth-order valence-corrected chi connectivity index (χ4v) is 5.08. The van der Waals surface area contributed by atoms with Crippen LogP contribution < -0.4 is 15.0 Å². The Kier molecular flexibility index (Phi) is 6.82. The van der Waals surface area contributed by atoms with Crippen molar-refractivity contribution in [1.82, 2.24) is 5.32 Å². The van der Waals surface area contributed by atoms with Gasteiger partial charge in [0.1, 0.15) is 18.3 Å². The molecular formula is C25H29N2O2S+. The van der Waals surface area contributed by atoms with E-state index in [2.05, 4.69) is 47.1 Å². The van der Waals surface area contributed by atoms with Crippen molar-refractivity contribution in [1.29, 1.82) is 0 Å². The van der Waals surface area contributed by atoms with Crippen LogP contribution in [0.4, 0.5) is 0 Å². The standard InChI is InChI=1S/C25H28N2O2S/c1-29-22-11-8-19(9-12-22)10-13-25(28)26-17-23(24-7-4-16-30-24)27-15-14-20-5-2-3-6-21(20)18-27/h2-9,11-12,16,23H,10,13-15,17-18H2,1H3,(H,26,28)/p+1/t23-/m1/s1. The normalized spacial score (nSPS) is 16.5. The topological polar surface area (TPSA) is 42.8 Å². The Hall–Kier alpha value is -2.63. The maximum absolute atomic E-state index is 12.6. The highest BCUT2D eigenvalue weighted by molar-refractivity contribution is 7.10. The van der Waals surface area contributed by atoms with Crippen molar-refractivity contribution < 1.29 is 14.4 Å². The van der Waals surface area contributed by atoms with E-state index in [-0.39, 0.29) is 5.91 Å². The lowest BCUT2D eigenvalue weighted by molar-refractivity contribution is -0.945. The summed E-state index contributed by atoms with van der Waals surface area (Å²) in [5, 5.41) is 5.34. The number of thiophene rings is 1. The van der Waals surface area contributed by atoms with Gasteiger partial charge in [0, 0.05) is 18.4 Å². The Morgan fingerprint density at radius 3 is 2.63 bits per heavy atom. The summed E-state index contributed by atoms with van der Waals surface area (Å²) in [7, 11) is 1.66. The molecule has 0 aliphatic carbocycles. The molecule has 0 bridgehead atoms. The Morgan fingerprint density at radius 2 is 1.90 bits per heavy atom. The predicted molar refractivity (Wildman–Crippen MR) is 121 cm³/mol. The highest BCUT2D eigenvalue weighted by atomic mass is 32.1. The largest absolute Gasteiger partial charge is 0.497 e.